The minimum Gasteiger partial charge on any atom is -0.468 e. The first-order chi connectivity index (χ1) is 8.86. The van der Waals surface area contributed by atoms with E-state index in [-0.39, 0.29) is 16.6 Å². The zero-order chi connectivity index (χ0) is 14.0. The monoisotopic (exact) mass is 341 g/mol. The molecule has 6 nitrogen and oxygen atoms in total. The third kappa shape index (κ3) is 3.53. The molecule has 1 fully saturated rings. The van der Waals surface area contributed by atoms with Crippen molar-refractivity contribution in [3.63, 3.8) is 0 Å². The van der Waals surface area contributed by atoms with E-state index in [1.807, 2.05) is 0 Å². The first-order valence-corrected chi connectivity index (χ1v) is 5.84. The van der Waals surface area contributed by atoms with Gasteiger partial charge in [0.15, 0.2) is 0 Å². The van der Waals surface area contributed by atoms with Crippen LogP contribution in [0.5, 0.6) is 11.8 Å². The van der Waals surface area contributed by atoms with Gasteiger partial charge in [-0.25, -0.2) is 9.78 Å². The molecule has 1 N–H and O–H groups in total. The average molecular weight is 342 g/mol. The molecule has 19 heavy (non-hydrogen) atoms. The van der Waals surface area contributed by atoms with Crippen molar-refractivity contribution < 1.29 is 27.4 Å². The topological polar surface area (TPSA) is 73.3 Å². The number of rotatable bonds is 3. The lowest BCUT2D eigenvalue weighted by atomic mass is 10.2. The van der Waals surface area contributed by atoms with E-state index in [0.717, 1.165) is 0 Å². The van der Waals surface area contributed by atoms with Crippen LogP contribution in [0.1, 0.15) is 0 Å². The first kappa shape index (κ1) is 14.0. The molecule has 0 atom stereocenters. The Bertz CT molecular complexity index is 493. The molecule has 2 rings (SSSR count). The van der Waals surface area contributed by atoms with Crippen molar-refractivity contribution in [3.8, 4) is 11.8 Å². The maximum absolute atomic E-state index is 12.1. The normalized spacial score (nSPS) is 15.8. The third-order valence-electron chi connectivity index (χ3n) is 2.12. The Kier molecular flexibility index (Phi) is 3.90. The second-order valence-electron chi connectivity index (χ2n) is 3.59. The van der Waals surface area contributed by atoms with E-state index in [4.69, 9.17) is 4.74 Å². The molecular formula is C9H7BrF3N3O3. The molecule has 104 valence electrons. The lowest BCUT2D eigenvalue weighted by Gasteiger charge is -2.27. The highest BCUT2D eigenvalue weighted by atomic mass is 79.9. The Morgan fingerprint density at radius 2 is 2.11 bits per heavy atom. The summed E-state index contributed by atoms with van der Waals surface area (Å²) in [6, 6.07) is 0. The largest absolute Gasteiger partial charge is 0.491 e. The van der Waals surface area contributed by atoms with Gasteiger partial charge >= 0.3 is 12.1 Å². The molecule has 2 heterocycles. The van der Waals surface area contributed by atoms with Crippen LogP contribution in [0, 0.1) is 0 Å². The molecule has 10 heteroatoms. The summed E-state index contributed by atoms with van der Waals surface area (Å²) in [6.45, 7) is 1.06. The average Bonchev–Trinajstić information content (AvgIpc) is 2.24. The van der Waals surface area contributed by atoms with E-state index in [2.05, 4.69) is 36.0 Å². The van der Waals surface area contributed by atoms with Gasteiger partial charge in [0.1, 0.15) is 10.7 Å². The fourth-order valence-electron chi connectivity index (χ4n) is 1.14. The van der Waals surface area contributed by atoms with Gasteiger partial charge in [0.25, 0.3) is 11.8 Å². The molecule has 0 saturated carbocycles. The molecule has 0 radical (unpaired) electrons. The Morgan fingerprint density at radius 1 is 1.42 bits per heavy atom. The van der Waals surface area contributed by atoms with E-state index < -0.39 is 18.0 Å². The summed E-state index contributed by atoms with van der Waals surface area (Å²) >= 11 is 2.92. The molecule has 0 spiro atoms. The van der Waals surface area contributed by atoms with Crippen LogP contribution in [-0.2, 0) is 4.79 Å². The smallest absolute Gasteiger partial charge is 0.468 e. The van der Waals surface area contributed by atoms with Crippen LogP contribution in [0.4, 0.5) is 13.2 Å². The van der Waals surface area contributed by atoms with Gasteiger partial charge in [-0.2, -0.15) is 18.2 Å². The van der Waals surface area contributed by atoms with E-state index in [9.17, 15) is 18.0 Å². The van der Waals surface area contributed by atoms with Crippen molar-refractivity contribution in [2.75, 3.05) is 13.1 Å². The Hall–Kier alpha value is -1.42. The molecule has 0 aromatic carbocycles. The number of nitrogens with zero attached hydrogens (tertiary/aromatic N) is 2. The lowest BCUT2D eigenvalue weighted by molar-refractivity contribution is -0.190. The fraction of sp³-hybridized carbons (Fsp3) is 0.444. The van der Waals surface area contributed by atoms with Crippen LogP contribution in [0.3, 0.4) is 0 Å². The predicted molar refractivity (Wildman–Crippen MR) is 58.7 cm³/mol. The number of hydrogen-bond acceptors (Lipinski definition) is 6. The summed E-state index contributed by atoms with van der Waals surface area (Å²) in [5.74, 6) is -3.26. The van der Waals surface area contributed by atoms with Gasteiger partial charge < -0.3 is 14.8 Å². The minimum absolute atomic E-state index is 0.122. The minimum atomic E-state index is -5.11. The first-order valence-electron chi connectivity index (χ1n) is 5.05. The number of nitrogens with one attached hydrogen (secondary N) is 1. The van der Waals surface area contributed by atoms with Crippen LogP contribution in [0.2, 0.25) is 0 Å². The molecule has 1 saturated heterocycles. The second-order valence-corrected chi connectivity index (χ2v) is 4.40. The van der Waals surface area contributed by atoms with Crippen molar-refractivity contribution in [3.05, 3.63) is 10.8 Å². The number of aromatic nitrogens is 2. The van der Waals surface area contributed by atoms with Crippen LogP contribution in [0.15, 0.2) is 10.8 Å². The highest BCUT2D eigenvalue weighted by Crippen LogP contribution is 2.27. The van der Waals surface area contributed by atoms with Gasteiger partial charge in [-0.3, -0.25) is 0 Å². The molecule has 0 bridgehead atoms. The molecular weight excluding hydrogens is 335 g/mol. The van der Waals surface area contributed by atoms with Gasteiger partial charge in [0.2, 0.25) is 0 Å². The van der Waals surface area contributed by atoms with Crippen LogP contribution < -0.4 is 14.8 Å². The third-order valence-corrected chi connectivity index (χ3v) is 2.50. The van der Waals surface area contributed by atoms with Crippen molar-refractivity contribution in [1.29, 1.82) is 0 Å². The zero-order valence-corrected chi connectivity index (χ0v) is 10.8. The number of alkyl halides is 3. The molecule has 0 unspecified atom stereocenters. The van der Waals surface area contributed by atoms with Crippen molar-refractivity contribution in [2.45, 2.75) is 12.3 Å². The number of carbonyl (C=O) groups is 1. The number of halogens is 4. The Morgan fingerprint density at radius 3 is 2.63 bits per heavy atom. The molecule has 1 aliphatic heterocycles. The Labute approximate surface area is 113 Å². The van der Waals surface area contributed by atoms with E-state index >= 15 is 0 Å². The number of hydrogen-bond donors (Lipinski definition) is 1. The maximum atomic E-state index is 12.1. The van der Waals surface area contributed by atoms with Crippen LogP contribution in [0.25, 0.3) is 0 Å². The van der Waals surface area contributed by atoms with Crippen molar-refractivity contribution in [1.82, 2.24) is 15.3 Å². The van der Waals surface area contributed by atoms with E-state index in [1.165, 1.54) is 6.20 Å². The molecule has 0 aliphatic carbocycles. The van der Waals surface area contributed by atoms with Crippen molar-refractivity contribution >= 4 is 21.9 Å². The molecule has 0 amide bonds. The standard InChI is InChI=1S/C9H7BrF3N3O3/c10-5-3-15-6(18-4-1-14-2-4)7(16-5)19-8(17)9(11,12)13/h3-4,14H,1-2H2. The number of carbonyl (C=O) groups excluding carboxylic acids is 1. The van der Waals surface area contributed by atoms with Crippen LogP contribution in [-0.4, -0.2) is 41.3 Å². The highest BCUT2D eigenvalue weighted by molar-refractivity contribution is 9.10. The van der Waals surface area contributed by atoms with Gasteiger partial charge in [-0.1, -0.05) is 0 Å². The summed E-state index contributed by atoms with van der Waals surface area (Å²) in [5.41, 5.74) is 0. The quantitative estimate of drug-likeness (QED) is 0.828. The molecule has 1 aliphatic rings. The van der Waals surface area contributed by atoms with Crippen molar-refractivity contribution in [2.24, 2.45) is 0 Å². The van der Waals surface area contributed by atoms with Gasteiger partial charge in [0, 0.05) is 13.1 Å². The highest BCUT2D eigenvalue weighted by Gasteiger charge is 2.42. The fourth-order valence-corrected chi connectivity index (χ4v) is 1.40. The zero-order valence-electron chi connectivity index (χ0n) is 9.20. The summed E-state index contributed by atoms with van der Waals surface area (Å²) < 4.78 is 45.9. The van der Waals surface area contributed by atoms with Gasteiger partial charge in [-0.05, 0) is 15.9 Å². The van der Waals surface area contributed by atoms with Gasteiger partial charge in [-0.15, -0.1) is 0 Å². The van der Waals surface area contributed by atoms with Crippen LogP contribution >= 0.6 is 15.9 Å². The van der Waals surface area contributed by atoms with E-state index in [0.29, 0.717) is 13.1 Å². The number of esters is 1. The predicted octanol–water partition coefficient (Wildman–Crippen LogP) is 1.06. The summed E-state index contributed by atoms with van der Waals surface area (Å²) in [7, 11) is 0. The Balaban J connectivity index is 2.16. The summed E-state index contributed by atoms with van der Waals surface area (Å²) in [4.78, 5) is 18.1. The van der Waals surface area contributed by atoms with Gasteiger partial charge in [0.05, 0.1) is 6.20 Å². The summed E-state index contributed by atoms with van der Waals surface area (Å²) in [6.07, 6.45) is -4.12. The SMILES string of the molecule is O=C(Oc1nc(Br)cnc1OC1CNC1)C(F)(F)F. The van der Waals surface area contributed by atoms with E-state index in [1.54, 1.807) is 0 Å². The summed E-state index contributed by atoms with van der Waals surface area (Å²) in [5, 5.41) is 2.91. The molecule has 1 aromatic heterocycles. The molecule has 1 aromatic rings. The number of ether oxygens (including phenoxy) is 2. The maximum Gasteiger partial charge on any atom is 0.491 e. The lowest BCUT2D eigenvalue weighted by Crippen LogP contribution is -2.50. The second kappa shape index (κ2) is 5.29.